The van der Waals surface area contributed by atoms with Crippen molar-refractivity contribution in [2.24, 2.45) is 0 Å². The van der Waals surface area contributed by atoms with Gasteiger partial charge in [0.2, 0.25) is 0 Å². The molecule has 0 aliphatic carbocycles. The monoisotopic (exact) mass is 1150 g/mol. The number of aliphatic hydroxyl groups excluding tert-OH is 1. The van der Waals surface area contributed by atoms with Crippen LogP contribution in [0, 0.1) is 36.0 Å². The smallest absolute Gasteiger partial charge is 0.261 e. The first-order valence-corrected chi connectivity index (χ1v) is 26.6. The number of aliphatic hydroxyl groups is 1. The maximum absolute atomic E-state index is 13.0. The van der Waals surface area contributed by atoms with Gasteiger partial charge in [-0.15, -0.1) is 18.8 Å². The summed E-state index contributed by atoms with van der Waals surface area (Å²) in [6.45, 7) is 3.48. The van der Waals surface area contributed by atoms with Gasteiger partial charge in [-0.05, 0) is 109 Å². The Labute approximate surface area is 473 Å². The first-order valence-electron chi connectivity index (χ1n) is 25.8. The molecule has 402 valence electrons. The van der Waals surface area contributed by atoms with E-state index in [0.717, 1.165) is 45.0 Å². The number of halogens is 2. The molecule has 2 saturated heterocycles. The summed E-state index contributed by atoms with van der Waals surface area (Å²) in [7, 11) is 0. The minimum Gasteiger partial charge on any atom is -0.391 e. The molecular formula is C61H51BrClN9O8. The molecule has 5 aliphatic heterocycles. The molecule has 1 unspecified atom stereocenters. The van der Waals surface area contributed by atoms with Gasteiger partial charge in [0, 0.05) is 66.3 Å². The topological polar surface area (TPSA) is 200 Å². The lowest BCUT2D eigenvalue weighted by atomic mass is 10.0. The van der Waals surface area contributed by atoms with Crippen molar-refractivity contribution in [1.29, 1.82) is 0 Å². The van der Waals surface area contributed by atoms with E-state index in [1.54, 1.807) is 56.6 Å². The van der Waals surface area contributed by atoms with E-state index in [1.807, 2.05) is 84.9 Å². The molecule has 9 aromatic rings. The minimum atomic E-state index is -0.666. The van der Waals surface area contributed by atoms with Crippen molar-refractivity contribution in [3.8, 4) is 36.0 Å². The molecule has 5 aliphatic rings. The van der Waals surface area contributed by atoms with Crippen LogP contribution in [-0.4, -0.2) is 92.8 Å². The highest BCUT2D eigenvalue weighted by molar-refractivity contribution is 9.10. The van der Waals surface area contributed by atoms with Gasteiger partial charge in [-0.1, -0.05) is 51.9 Å². The third-order valence-corrected chi connectivity index (χ3v) is 14.3. The fourth-order valence-corrected chi connectivity index (χ4v) is 10.3. The van der Waals surface area contributed by atoms with Crippen molar-refractivity contribution in [1.82, 2.24) is 43.6 Å². The van der Waals surface area contributed by atoms with Crippen LogP contribution in [0.2, 0.25) is 0 Å². The van der Waals surface area contributed by atoms with Gasteiger partial charge < -0.3 is 24.1 Å². The number of aromatic nitrogens is 9. The SMILES string of the molecule is C#Cc1ccccn1.Cl.O=c1c2ccc(Br)cc2nc2n1CC1(CC2)OCCO1.O=c1c2ccc(C#Cc3ccccn3)cc2nc2n1CC(O)CC2.O=c1c2ccc(C#Cc3ccccn3)cc2nc2n1CC1(CC2)OCCO1. The Kier molecular flexibility index (Phi) is 16.8. The number of terminal acetylenes is 1. The summed E-state index contributed by atoms with van der Waals surface area (Å²) in [5, 5.41) is 11.5. The fourth-order valence-electron chi connectivity index (χ4n) is 9.92. The minimum absolute atomic E-state index is 0. The highest BCUT2D eigenvalue weighted by atomic mass is 79.9. The van der Waals surface area contributed by atoms with E-state index >= 15 is 0 Å². The number of ether oxygens (including phenoxy) is 4. The Hall–Kier alpha value is -8.22. The molecule has 0 amide bonds. The molecule has 1 N–H and O–H groups in total. The number of benzene rings is 3. The van der Waals surface area contributed by atoms with E-state index in [2.05, 4.69) is 70.5 Å². The number of fused-ring (bicyclic) bond motifs is 6. The maximum atomic E-state index is 13.0. The Morgan fingerprint density at radius 1 is 0.537 bits per heavy atom. The van der Waals surface area contributed by atoms with Crippen LogP contribution in [0.25, 0.3) is 32.7 Å². The number of hydrogen-bond donors (Lipinski definition) is 1. The highest BCUT2D eigenvalue weighted by Crippen LogP contribution is 2.32. The lowest BCUT2D eigenvalue weighted by Crippen LogP contribution is -2.45. The number of hydrogen-bond acceptors (Lipinski definition) is 14. The maximum Gasteiger partial charge on any atom is 0.261 e. The molecule has 6 aromatic heterocycles. The molecule has 3 aromatic carbocycles. The molecule has 80 heavy (non-hydrogen) atoms. The molecule has 17 nitrogen and oxygen atoms in total. The van der Waals surface area contributed by atoms with Gasteiger partial charge in [0.15, 0.2) is 11.6 Å². The predicted molar refractivity (Wildman–Crippen MR) is 306 cm³/mol. The second-order valence-corrected chi connectivity index (χ2v) is 20.0. The largest absolute Gasteiger partial charge is 0.391 e. The predicted octanol–water partition coefficient (Wildman–Crippen LogP) is 6.71. The van der Waals surface area contributed by atoms with Gasteiger partial charge in [-0.25, -0.2) is 29.9 Å². The number of rotatable bonds is 0. The molecule has 0 saturated carbocycles. The summed E-state index contributed by atoms with van der Waals surface area (Å²) >= 11 is 3.41. The molecule has 2 spiro atoms. The van der Waals surface area contributed by atoms with Crippen LogP contribution in [0.5, 0.6) is 0 Å². The van der Waals surface area contributed by atoms with Crippen molar-refractivity contribution in [3.05, 3.63) is 209 Å². The molecule has 0 bridgehead atoms. The summed E-state index contributed by atoms with van der Waals surface area (Å²) in [5.74, 6) is 15.6. The average Bonchev–Trinajstić information content (AvgIpc) is 4.24. The number of nitrogens with zero attached hydrogens (tertiary/aromatic N) is 9. The van der Waals surface area contributed by atoms with E-state index in [4.69, 9.17) is 30.4 Å². The van der Waals surface area contributed by atoms with Crippen LogP contribution in [0.3, 0.4) is 0 Å². The Bertz CT molecular complexity index is 4120. The van der Waals surface area contributed by atoms with Crippen LogP contribution in [0.4, 0.5) is 0 Å². The summed E-state index contributed by atoms with van der Waals surface area (Å²) in [6, 6.07) is 33.1. The van der Waals surface area contributed by atoms with Crippen LogP contribution in [0.1, 0.15) is 64.9 Å². The standard InChI is InChI=1S/C21H17N3O3.C19H15N3O2.C14H13BrN2O3.C7H5N.ClH/c25-20-17-7-5-15(4-6-16-3-1-2-10-22-16)13-18(17)23-19-8-9-21(14-24(19)20)26-11-12-27-21;23-15-7-9-18-21-17-11-13(4-6-14-3-1-2-10-20-14)5-8-16(17)19(24)22(18)12-15;15-9-1-2-10-11(7-9)16-12-3-4-14(19-5-6-20-14)8-17(12)13(10)18;1-2-7-5-3-4-6-8-7;/h1-3,5,7,10,13H,8-9,11-12,14H2;1-3,5,8,10-11,15,23H,7,9,12H2;1-2,7H,3-6,8H2;1,3-6H;1H. The molecule has 11 heterocycles. The molecule has 14 rings (SSSR count). The fraction of sp³-hybridized carbons (Fsp3) is 0.262. The van der Waals surface area contributed by atoms with E-state index < -0.39 is 17.7 Å². The zero-order valence-electron chi connectivity index (χ0n) is 43.1. The van der Waals surface area contributed by atoms with Crippen molar-refractivity contribution >= 4 is 61.0 Å². The molecule has 1 atom stereocenters. The molecule has 2 fully saturated rings. The first kappa shape index (κ1) is 55.1. The third-order valence-electron chi connectivity index (χ3n) is 13.9. The lowest BCUT2D eigenvalue weighted by molar-refractivity contribution is -0.178. The van der Waals surface area contributed by atoms with Gasteiger partial charge in [-0.2, -0.15) is 0 Å². The summed E-state index contributed by atoms with van der Waals surface area (Å²) < 4.78 is 28.8. The second kappa shape index (κ2) is 24.4. The quantitative estimate of drug-likeness (QED) is 0.157. The zero-order chi connectivity index (χ0) is 54.3. The summed E-state index contributed by atoms with van der Waals surface area (Å²) in [6.07, 6.45) is 13.7. The van der Waals surface area contributed by atoms with Gasteiger partial charge >= 0.3 is 0 Å². The van der Waals surface area contributed by atoms with Crippen LogP contribution < -0.4 is 16.7 Å². The Morgan fingerprint density at radius 2 is 0.963 bits per heavy atom. The van der Waals surface area contributed by atoms with Crippen LogP contribution in [0.15, 0.2) is 147 Å². The van der Waals surface area contributed by atoms with Crippen molar-refractivity contribution in [2.75, 3.05) is 26.4 Å². The lowest BCUT2D eigenvalue weighted by Gasteiger charge is -2.33. The Balaban J connectivity index is 0.000000126. The second-order valence-electron chi connectivity index (χ2n) is 19.1. The van der Waals surface area contributed by atoms with Gasteiger partial charge in [0.1, 0.15) is 34.6 Å². The Morgan fingerprint density at radius 3 is 1.40 bits per heavy atom. The number of pyridine rings is 3. The van der Waals surface area contributed by atoms with Crippen LogP contribution >= 0.6 is 28.3 Å². The normalized spacial score (nSPS) is 16.7. The highest BCUT2D eigenvalue weighted by Gasteiger charge is 2.42. The third kappa shape index (κ3) is 12.3. The van der Waals surface area contributed by atoms with E-state index in [-0.39, 0.29) is 29.1 Å². The van der Waals surface area contributed by atoms with Gasteiger partial charge in [0.25, 0.3) is 16.7 Å². The molecule has 0 radical (unpaired) electrons. The van der Waals surface area contributed by atoms with Crippen molar-refractivity contribution in [2.45, 2.75) is 75.8 Å². The molecule has 19 heteroatoms. The summed E-state index contributed by atoms with van der Waals surface area (Å²) in [5.41, 5.74) is 5.57. The van der Waals surface area contributed by atoms with E-state index in [0.29, 0.717) is 122 Å². The molecular weight excluding hydrogens is 1100 g/mol. The summed E-state index contributed by atoms with van der Waals surface area (Å²) in [4.78, 5) is 64.3. The van der Waals surface area contributed by atoms with Crippen molar-refractivity contribution in [3.63, 3.8) is 0 Å². The van der Waals surface area contributed by atoms with E-state index in [1.165, 1.54) is 0 Å². The van der Waals surface area contributed by atoms with Crippen LogP contribution in [-0.2, 0) is 57.8 Å². The first-order chi connectivity index (χ1) is 38.5. The van der Waals surface area contributed by atoms with E-state index in [9.17, 15) is 19.5 Å². The average molecular weight is 1150 g/mol. The van der Waals surface area contributed by atoms with Gasteiger partial charge in [0.05, 0.1) is 84.9 Å². The number of aryl methyl sites for hydroxylation is 3. The van der Waals surface area contributed by atoms with Crippen molar-refractivity contribution < 1.29 is 24.1 Å². The van der Waals surface area contributed by atoms with Gasteiger partial charge in [-0.3, -0.25) is 28.1 Å². The zero-order valence-corrected chi connectivity index (χ0v) is 45.5.